The predicted molar refractivity (Wildman–Crippen MR) is 529 cm³/mol. The molecular weight excluding hydrogens is 1530 g/mol. The summed E-state index contributed by atoms with van der Waals surface area (Å²) < 4.78 is 4.94. The molecule has 0 N–H and O–H groups in total. The third-order valence-electron chi connectivity index (χ3n) is 25.9. The molecule has 0 bridgehead atoms. The number of aromatic nitrogens is 6. The smallest absolute Gasteiger partial charge is 0.161 e. The first-order chi connectivity index (χ1) is 62.4. The average molecular weight is 1600 g/mol. The van der Waals surface area contributed by atoms with Gasteiger partial charge in [0.25, 0.3) is 0 Å². The molecule has 0 aliphatic carbocycles. The molecule has 0 atom stereocenters. The lowest BCUT2D eigenvalue weighted by Crippen LogP contribution is -2.00. The van der Waals surface area contributed by atoms with Crippen molar-refractivity contribution in [2.45, 2.75) is 0 Å². The van der Waals surface area contributed by atoms with E-state index in [1.54, 1.807) is 0 Å². The largest absolute Gasteiger partial charge is 0.309 e. The van der Waals surface area contributed by atoms with E-state index in [0.29, 0.717) is 11.6 Å². The summed E-state index contributed by atoms with van der Waals surface area (Å²) in [6, 6.07) is 164. The van der Waals surface area contributed by atoms with Gasteiger partial charge in [-0.1, -0.05) is 346 Å². The van der Waals surface area contributed by atoms with Crippen molar-refractivity contribution in [2.75, 3.05) is 0 Å². The maximum Gasteiger partial charge on any atom is 0.161 e. The van der Waals surface area contributed by atoms with Gasteiger partial charge in [-0.2, -0.15) is 0 Å². The molecule has 0 amide bonds. The Hall–Kier alpha value is -16.8. The average Bonchev–Trinajstić information content (AvgIpc) is 1.48. The SMILES string of the molecule is c1ccc(-c2ccc3c(c2)c2cc4ccccc4cc2n3-c2ccc(-c3nc(-c4ccc5ccccc5c4)c4cc(-c5ccc(-c6ccc(-c7ccc8c(c7)c7cc9ccccc9cc7n8-c7ccc(-c8nc(-c9ccccc9)c9cc(-c%10ccccc%10)c(-c%10ccccc%10)cc9n8)c8ccccc78)cc6)cc5)c(-c5ccccc5)cc4n3)c3ccccc23)cc1. The second-order valence-electron chi connectivity index (χ2n) is 33.1. The zero-order valence-corrected chi connectivity index (χ0v) is 68.4. The van der Waals surface area contributed by atoms with E-state index in [1.807, 2.05) is 0 Å². The molecule has 25 aromatic rings. The highest BCUT2D eigenvalue weighted by Crippen LogP contribution is 2.48. The highest BCUT2D eigenvalue weighted by Gasteiger charge is 2.26. The first kappa shape index (κ1) is 72.1. The molecule has 0 unspecified atom stereocenters. The highest BCUT2D eigenvalue weighted by molar-refractivity contribution is 6.19. The van der Waals surface area contributed by atoms with Crippen LogP contribution >= 0.6 is 0 Å². The van der Waals surface area contributed by atoms with Gasteiger partial charge < -0.3 is 9.13 Å². The Morgan fingerprint density at radius 2 is 0.444 bits per heavy atom. The summed E-state index contributed by atoms with van der Waals surface area (Å²) in [5.74, 6) is 1.33. The van der Waals surface area contributed by atoms with Gasteiger partial charge in [0.2, 0.25) is 0 Å². The fraction of sp³-hybridized carbons (Fsp3) is 0. The minimum absolute atomic E-state index is 0.661. The minimum Gasteiger partial charge on any atom is -0.309 e. The van der Waals surface area contributed by atoms with E-state index in [2.05, 4.69) is 458 Å². The topological polar surface area (TPSA) is 61.4 Å². The number of hydrogen-bond acceptors (Lipinski definition) is 4. The third kappa shape index (κ3) is 12.2. The number of fused-ring (bicyclic) bond motifs is 13. The van der Waals surface area contributed by atoms with Gasteiger partial charge in [-0.15, -0.1) is 0 Å². The van der Waals surface area contributed by atoms with Gasteiger partial charge in [-0.3, -0.25) is 0 Å². The van der Waals surface area contributed by atoms with E-state index in [1.165, 1.54) is 59.6 Å². The zero-order chi connectivity index (χ0) is 82.9. The summed E-state index contributed by atoms with van der Waals surface area (Å²) >= 11 is 0. The van der Waals surface area contributed by atoms with Crippen LogP contribution in [0.25, 0.3) is 254 Å². The van der Waals surface area contributed by atoms with Crippen LogP contribution < -0.4 is 0 Å². The molecule has 25 rings (SSSR count). The van der Waals surface area contributed by atoms with Crippen molar-refractivity contribution in [3.8, 4) is 135 Å². The first-order valence-corrected chi connectivity index (χ1v) is 43.1. The lowest BCUT2D eigenvalue weighted by molar-refractivity contribution is 1.19. The summed E-state index contributed by atoms with van der Waals surface area (Å²) in [5, 5.41) is 18.2. The molecule has 0 saturated carbocycles. The van der Waals surface area contributed by atoms with E-state index in [9.17, 15) is 0 Å². The number of rotatable bonds is 13. The fourth-order valence-corrected chi connectivity index (χ4v) is 19.7. The highest BCUT2D eigenvalue weighted by atomic mass is 15.0. The van der Waals surface area contributed by atoms with Gasteiger partial charge in [0.1, 0.15) is 0 Å². The summed E-state index contributed by atoms with van der Waals surface area (Å²) in [6.07, 6.45) is 0. The van der Waals surface area contributed by atoms with Gasteiger partial charge in [0.05, 0.1) is 55.9 Å². The Morgan fingerprint density at radius 3 is 0.881 bits per heavy atom. The molecule has 6 nitrogen and oxygen atoms in total. The molecule has 0 aliphatic heterocycles. The molecule has 0 saturated heterocycles. The van der Waals surface area contributed by atoms with Crippen LogP contribution in [0.4, 0.5) is 0 Å². The number of nitrogens with zero attached hydrogens (tertiary/aromatic N) is 6. The zero-order valence-electron chi connectivity index (χ0n) is 68.4. The van der Waals surface area contributed by atoms with Crippen molar-refractivity contribution in [3.63, 3.8) is 0 Å². The van der Waals surface area contributed by atoms with Crippen LogP contribution in [0.5, 0.6) is 0 Å². The molecule has 4 heterocycles. The maximum absolute atomic E-state index is 5.77. The third-order valence-corrected chi connectivity index (χ3v) is 25.9. The van der Waals surface area contributed by atoms with Crippen LogP contribution in [0.2, 0.25) is 0 Å². The first-order valence-electron chi connectivity index (χ1n) is 43.1. The van der Waals surface area contributed by atoms with Crippen LogP contribution in [0.1, 0.15) is 0 Å². The Bertz CT molecular complexity index is 8720. The molecule has 584 valence electrons. The Balaban J connectivity index is 0.578. The predicted octanol–water partition coefficient (Wildman–Crippen LogP) is 31.9. The maximum atomic E-state index is 5.77. The normalized spacial score (nSPS) is 11.8. The van der Waals surface area contributed by atoms with Gasteiger partial charge >= 0.3 is 0 Å². The summed E-state index contributed by atoms with van der Waals surface area (Å²) in [4.78, 5) is 22.6. The van der Waals surface area contributed by atoms with E-state index in [0.717, 1.165) is 183 Å². The molecule has 0 aliphatic rings. The second kappa shape index (κ2) is 29.5. The van der Waals surface area contributed by atoms with Crippen molar-refractivity contribution in [1.82, 2.24) is 29.1 Å². The molecule has 6 heteroatoms. The monoisotopic (exact) mass is 1600 g/mol. The van der Waals surface area contributed by atoms with Crippen LogP contribution in [0.15, 0.2) is 449 Å². The number of hydrogen-bond donors (Lipinski definition) is 0. The van der Waals surface area contributed by atoms with E-state index in [4.69, 9.17) is 19.9 Å². The molecule has 0 fully saturated rings. The van der Waals surface area contributed by atoms with Crippen molar-refractivity contribution in [3.05, 3.63) is 449 Å². The van der Waals surface area contributed by atoms with Crippen LogP contribution in [-0.4, -0.2) is 29.1 Å². The molecular formula is C120H74N6. The number of benzene rings is 21. The minimum atomic E-state index is 0.661. The summed E-state index contributed by atoms with van der Waals surface area (Å²) in [5.41, 5.74) is 30.0. The van der Waals surface area contributed by atoms with E-state index >= 15 is 0 Å². The van der Waals surface area contributed by atoms with Crippen molar-refractivity contribution < 1.29 is 0 Å². The molecule has 4 aromatic heterocycles. The van der Waals surface area contributed by atoms with Crippen molar-refractivity contribution in [1.29, 1.82) is 0 Å². The van der Waals surface area contributed by atoms with Gasteiger partial charge in [0.15, 0.2) is 11.6 Å². The Kier molecular flexibility index (Phi) is 16.9. The Labute approximate surface area is 726 Å². The lowest BCUT2D eigenvalue weighted by atomic mass is 9.90. The van der Waals surface area contributed by atoms with Crippen molar-refractivity contribution in [2.24, 2.45) is 0 Å². The molecule has 21 aromatic carbocycles. The van der Waals surface area contributed by atoms with Gasteiger partial charge in [0, 0.05) is 65.3 Å². The summed E-state index contributed by atoms with van der Waals surface area (Å²) in [7, 11) is 0. The molecule has 126 heavy (non-hydrogen) atoms. The van der Waals surface area contributed by atoms with Crippen molar-refractivity contribution >= 4 is 119 Å². The van der Waals surface area contributed by atoms with E-state index < -0.39 is 0 Å². The van der Waals surface area contributed by atoms with E-state index in [-0.39, 0.29) is 0 Å². The standard InChI is InChI=1S/C120H74N6/c1-6-26-75(27-7-1)90-56-60-113-103(67-90)105-65-86-38-18-20-40-88(86)69-115(105)125(113)112-63-59-98(94-43-23-25-45-96(94)112)120-122-110-74-102(82-33-12-4-13-34-82)100(72-108(110)118(124-120)92-55-52-76-28-16-17-37-85(76)64-92)83-53-50-78(51-54-83)77-46-48-79(49-47-77)91-57-61-114-104(68-91)106-66-87-39-19-21-41-89(87)70-116(106)126(114)111-62-58-97(93-42-22-24-44-95(93)111)119-121-109-73-101(81-31-10-3-11-32-81)99(80-29-8-2-9-30-80)71-107(109)117(123-119)84-35-14-5-15-36-84/h1-74H. The van der Waals surface area contributed by atoms with Crippen LogP contribution in [-0.2, 0) is 0 Å². The summed E-state index contributed by atoms with van der Waals surface area (Å²) in [6.45, 7) is 0. The molecule has 0 radical (unpaired) electrons. The lowest BCUT2D eigenvalue weighted by Gasteiger charge is -2.18. The molecule has 0 spiro atoms. The second-order valence-corrected chi connectivity index (χ2v) is 33.1. The van der Waals surface area contributed by atoms with Crippen LogP contribution in [0.3, 0.4) is 0 Å². The quantitative estimate of drug-likeness (QED) is 0.115. The van der Waals surface area contributed by atoms with Gasteiger partial charge in [-0.05, 0) is 224 Å². The van der Waals surface area contributed by atoms with Crippen LogP contribution in [0, 0.1) is 0 Å². The fourth-order valence-electron chi connectivity index (χ4n) is 19.7. The Morgan fingerprint density at radius 1 is 0.143 bits per heavy atom. The van der Waals surface area contributed by atoms with Gasteiger partial charge in [-0.25, -0.2) is 19.9 Å².